The van der Waals surface area contributed by atoms with E-state index in [-0.39, 0.29) is 11.9 Å². The van der Waals surface area contributed by atoms with Crippen molar-refractivity contribution in [1.29, 1.82) is 0 Å². The minimum atomic E-state index is -0.764. The Kier molecular flexibility index (Phi) is 3.33. The summed E-state index contributed by atoms with van der Waals surface area (Å²) in [6, 6.07) is 0. The highest BCUT2D eigenvalue weighted by atomic mass is 16.6. The van der Waals surface area contributed by atoms with E-state index in [9.17, 15) is 14.9 Å². The molecular formula is C9H12N4O4. The highest BCUT2D eigenvalue weighted by molar-refractivity contribution is 5.53. The number of hydrogen-bond donors (Lipinski definition) is 2. The lowest BCUT2D eigenvalue weighted by atomic mass is 10.2. The summed E-state index contributed by atoms with van der Waals surface area (Å²) in [5.41, 5.74) is -1.33. The molecule has 17 heavy (non-hydrogen) atoms. The zero-order valence-electron chi connectivity index (χ0n) is 9.01. The van der Waals surface area contributed by atoms with Gasteiger partial charge in [0.1, 0.15) is 0 Å². The van der Waals surface area contributed by atoms with Gasteiger partial charge >= 0.3 is 11.2 Å². The van der Waals surface area contributed by atoms with Crippen LogP contribution in [0.3, 0.4) is 0 Å². The highest BCUT2D eigenvalue weighted by Crippen LogP contribution is 2.17. The fourth-order valence-electron chi connectivity index (χ4n) is 1.71. The summed E-state index contributed by atoms with van der Waals surface area (Å²) in [6.45, 7) is 1.12. The third-order valence-electron chi connectivity index (χ3n) is 2.53. The number of rotatable bonds is 4. The van der Waals surface area contributed by atoms with Gasteiger partial charge in [0.05, 0.1) is 17.4 Å². The molecule has 0 bridgehead atoms. The van der Waals surface area contributed by atoms with Gasteiger partial charge in [-0.2, -0.15) is 0 Å². The predicted octanol–water partition coefficient (Wildman–Crippen LogP) is 0.269. The van der Waals surface area contributed by atoms with Crippen LogP contribution in [-0.2, 0) is 4.74 Å². The maximum absolute atomic E-state index is 11.3. The number of aromatic amines is 1. The first kappa shape index (κ1) is 11.5. The average molecular weight is 240 g/mol. The first-order valence-electron chi connectivity index (χ1n) is 5.26. The molecule has 0 aliphatic carbocycles. The van der Waals surface area contributed by atoms with Crippen molar-refractivity contribution >= 4 is 11.5 Å². The van der Waals surface area contributed by atoms with Crippen LogP contribution in [0, 0.1) is 10.1 Å². The largest absolute Gasteiger partial charge is 0.376 e. The minimum absolute atomic E-state index is 0.0192. The van der Waals surface area contributed by atoms with Crippen LogP contribution in [0.5, 0.6) is 0 Å². The molecule has 1 atom stereocenters. The fraction of sp³-hybridized carbons (Fsp3) is 0.556. The molecule has 1 aliphatic rings. The van der Waals surface area contributed by atoms with Gasteiger partial charge < -0.3 is 15.0 Å². The Morgan fingerprint density at radius 3 is 3.18 bits per heavy atom. The van der Waals surface area contributed by atoms with Gasteiger partial charge in [-0.3, -0.25) is 14.9 Å². The molecule has 1 saturated heterocycles. The van der Waals surface area contributed by atoms with Crippen LogP contribution >= 0.6 is 0 Å². The molecule has 0 amide bonds. The molecule has 8 nitrogen and oxygen atoms in total. The van der Waals surface area contributed by atoms with E-state index in [4.69, 9.17) is 4.74 Å². The van der Waals surface area contributed by atoms with E-state index in [0.717, 1.165) is 19.2 Å². The Bertz CT molecular complexity index is 466. The molecule has 92 valence electrons. The molecule has 1 aliphatic heterocycles. The number of aromatic nitrogens is 2. The standard InChI is InChI=1S/C9H12N4O4/c14-9-7(13(15)16)8(11-5-12-9)10-4-6-2-1-3-17-6/h5-6H,1-4H2,(H2,10,11,12,14). The van der Waals surface area contributed by atoms with E-state index in [2.05, 4.69) is 15.3 Å². The Hall–Kier alpha value is -1.96. The van der Waals surface area contributed by atoms with Crippen LogP contribution in [0.4, 0.5) is 11.5 Å². The van der Waals surface area contributed by atoms with Gasteiger partial charge in [-0.25, -0.2) is 4.98 Å². The van der Waals surface area contributed by atoms with E-state index in [1.165, 1.54) is 0 Å². The lowest BCUT2D eigenvalue weighted by molar-refractivity contribution is -0.385. The molecule has 1 aromatic heterocycles. The lowest BCUT2D eigenvalue weighted by Crippen LogP contribution is -2.22. The van der Waals surface area contributed by atoms with E-state index >= 15 is 0 Å². The van der Waals surface area contributed by atoms with E-state index in [1.54, 1.807) is 0 Å². The second kappa shape index (κ2) is 4.91. The van der Waals surface area contributed by atoms with Crippen LogP contribution in [0.1, 0.15) is 12.8 Å². The average Bonchev–Trinajstić information content (AvgIpc) is 2.78. The van der Waals surface area contributed by atoms with Gasteiger partial charge in [0.15, 0.2) is 0 Å². The molecule has 8 heteroatoms. The molecule has 0 saturated carbocycles. The summed E-state index contributed by atoms with van der Waals surface area (Å²) in [5.74, 6) is -0.0192. The number of ether oxygens (including phenoxy) is 1. The van der Waals surface area contributed by atoms with E-state index in [0.29, 0.717) is 13.2 Å². The third-order valence-corrected chi connectivity index (χ3v) is 2.53. The zero-order chi connectivity index (χ0) is 12.3. The Labute approximate surface area is 96.2 Å². The topological polar surface area (TPSA) is 110 Å². The van der Waals surface area contributed by atoms with Crippen molar-refractivity contribution in [2.24, 2.45) is 0 Å². The molecule has 1 unspecified atom stereocenters. The quantitative estimate of drug-likeness (QED) is 0.577. The maximum Gasteiger partial charge on any atom is 0.375 e. The first-order valence-corrected chi connectivity index (χ1v) is 5.26. The molecule has 1 aromatic rings. The molecule has 1 fully saturated rings. The summed E-state index contributed by atoms with van der Waals surface area (Å²) in [7, 11) is 0. The van der Waals surface area contributed by atoms with Gasteiger partial charge in [-0.1, -0.05) is 0 Å². The molecule has 2 N–H and O–H groups in total. The van der Waals surface area contributed by atoms with Gasteiger partial charge in [-0.15, -0.1) is 0 Å². The monoisotopic (exact) mass is 240 g/mol. The molecule has 2 heterocycles. The van der Waals surface area contributed by atoms with Crippen molar-refractivity contribution in [1.82, 2.24) is 9.97 Å². The van der Waals surface area contributed by atoms with Crippen molar-refractivity contribution < 1.29 is 9.66 Å². The highest BCUT2D eigenvalue weighted by Gasteiger charge is 2.22. The van der Waals surface area contributed by atoms with Crippen molar-refractivity contribution in [2.45, 2.75) is 18.9 Å². The molecule has 0 aromatic carbocycles. The lowest BCUT2D eigenvalue weighted by Gasteiger charge is -2.10. The SMILES string of the molecule is O=c1[nH]cnc(NCC2CCCO2)c1[N+](=O)[O-]. The summed E-state index contributed by atoms with van der Waals surface area (Å²) < 4.78 is 5.36. The van der Waals surface area contributed by atoms with Crippen molar-refractivity contribution in [3.05, 3.63) is 26.8 Å². The molecular weight excluding hydrogens is 228 g/mol. The van der Waals surface area contributed by atoms with Crippen LogP contribution in [0.25, 0.3) is 0 Å². The summed E-state index contributed by atoms with van der Waals surface area (Å²) >= 11 is 0. The van der Waals surface area contributed by atoms with Gasteiger partial charge in [0.25, 0.3) is 0 Å². The van der Waals surface area contributed by atoms with Gasteiger partial charge in [0.2, 0.25) is 5.82 Å². The van der Waals surface area contributed by atoms with Gasteiger partial charge in [-0.05, 0) is 12.8 Å². The Morgan fingerprint density at radius 1 is 1.71 bits per heavy atom. The normalized spacial score (nSPS) is 19.2. The Morgan fingerprint density at radius 2 is 2.53 bits per heavy atom. The van der Waals surface area contributed by atoms with E-state index < -0.39 is 16.2 Å². The molecule has 0 radical (unpaired) electrons. The van der Waals surface area contributed by atoms with Gasteiger partial charge in [0, 0.05) is 13.2 Å². The van der Waals surface area contributed by atoms with Crippen LogP contribution in [0.15, 0.2) is 11.1 Å². The summed E-state index contributed by atoms with van der Waals surface area (Å²) in [6.07, 6.45) is 3.05. The maximum atomic E-state index is 11.3. The van der Waals surface area contributed by atoms with E-state index in [1.807, 2.05) is 0 Å². The summed E-state index contributed by atoms with van der Waals surface area (Å²) in [5, 5.41) is 13.5. The van der Waals surface area contributed by atoms with Crippen LogP contribution in [-0.4, -0.2) is 34.1 Å². The van der Waals surface area contributed by atoms with Crippen molar-refractivity contribution in [3.8, 4) is 0 Å². The van der Waals surface area contributed by atoms with Crippen molar-refractivity contribution in [2.75, 3.05) is 18.5 Å². The summed E-state index contributed by atoms with van der Waals surface area (Å²) in [4.78, 5) is 27.2. The third kappa shape index (κ3) is 2.59. The number of anilines is 1. The smallest absolute Gasteiger partial charge is 0.375 e. The number of H-pyrrole nitrogens is 1. The first-order chi connectivity index (χ1) is 8.18. The van der Waals surface area contributed by atoms with Crippen LogP contribution in [0.2, 0.25) is 0 Å². The number of nitro groups is 1. The second-order valence-electron chi connectivity index (χ2n) is 3.70. The molecule has 0 spiro atoms. The second-order valence-corrected chi connectivity index (χ2v) is 3.70. The number of nitrogens with one attached hydrogen (secondary N) is 2. The van der Waals surface area contributed by atoms with Crippen LogP contribution < -0.4 is 10.9 Å². The number of hydrogen-bond acceptors (Lipinski definition) is 6. The minimum Gasteiger partial charge on any atom is -0.376 e. The predicted molar refractivity (Wildman–Crippen MR) is 59.0 cm³/mol. The zero-order valence-corrected chi connectivity index (χ0v) is 9.01. The Balaban J connectivity index is 2.11. The molecule has 2 rings (SSSR count). The van der Waals surface area contributed by atoms with Crippen molar-refractivity contribution in [3.63, 3.8) is 0 Å². The number of nitrogens with zero attached hydrogens (tertiary/aromatic N) is 2. The fourth-order valence-corrected chi connectivity index (χ4v) is 1.71.